The first-order valence-electron chi connectivity index (χ1n) is 6.58. The molecular formula is C15H18N2O3. The molecule has 0 aliphatic heterocycles. The van der Waals surface area contributed by atoms with E-state index in [1.54, 1.807) is 17.7 Å². The van der Waals surface area contributed by atoms with E-state index < -0.39 is 5.97 Å². The number of hydrogen-bond donors (Lipinski definition) is 0. The molecule has 0 saturated heterocycles. The Morgan fingerprint density at radius 3 is 2.65 bits per heavy atom. The number of carbonyl (C=O) groups excluding carboxylic acids is 2. The number of esters is 1. The maximum absolute atomic E-state index is 12.1. The number of carbonyl (C=O) groups is 2. The molecule has 0 atom stereocenters. The number of aromatic nitrogens is 2. The second-order valence-corrected chi connectivity index (χ2v) is 4.82. The lowest BCUT2D eigenvalue weighted by Crippen LogP contribution is -2.08. The van der Waals surface area contributed by atoms with Crippen LogP contribution in [0.3, 0.4) is 0 Å². The summed E-state index contributed by atoms with van der Waals surface area (Å²) in [5.74, 6) is -0.137. The van der Waals surface area contributed by atoms with Crippen molar-refractivity contribution in [2.24, 2.45) is 7.05 Å². The van der Waals surface area contributed by atoms with Crippen molar-refractivity contribution in [3.63, 3.8) is 0 Å². The number of rotatable bonds is 4. The molecule has 0 bridgehead atoms. The fourth-order valence-corrected chi connectivity index (χ4v) is 2.28. The average Bonchev–Trinajstić information content (AvgIpc) is 2.74. The highest BCUT2D eigenvalue weighted by molar-refractivity contribution is 6.01. The molecule has 2 rings (SSSR count). The lowest BCUT2D eigenvalue weighted by Gasteiger charge is -2.05. The number of hydrogen-bond acceptors (Lipinski definition) is 4. The number of imidazole rings is 1. The van der Waals surface area contributed by atoms with Crippen LogP contribution >= 0.6 is 0 Å². The zero-order chi connectivity index (χ0) is 14.9. The summed E-state index contributed by atoms with van der Waals surface area (Å²) in [6, 6.07) is 3.65. The molecule has 106 valence electrons. The molecule has 1 aromatic carbocycles. The molecule has 0 saturated carbocycles. The molecule has 2 aromatic rings. The highest BCUT2D eigenvalue weighted by Gasteiger charge is 2.18. The molecule has 0 aliphatic carbocycles. The van der Waals surface area contributed by atoms with Gasteiger partial charge in [0.15, 0.2) is 5.78 Å². The maximum Gasteiger partial charge on any atom is 0.374 e. The van der Waals surface area contributed by atoms with Gasteiger partial charge < -0.3 is 9.30 Å². The smallest absolute Gasteiger partial charge is 0.374 e. The molecule has 0 radical (unpaired) electrons. The number of ether oxygens (including phenoxy) is 1. The fourth-order valence-electron chi connectivity index (χ4n) is 2.28. The van der Waals surface area contributed by atoms with Crippen LogP contribution in [0, 0.1) is 6.92 Å². The third-order valence-corrected chi connectivity index (χ3v) is 3.37. The predicted molar refractivity (Wildman–Crippen MR) is 76.0 cm³/mol. The molecule has 1 heterocycles. The van der Waals surface area contributed by atoms with Crippen LogP contribution in [-0.2, 0) is 11.8 Å². The highest BCUT2D eigenvalue weighted by Crippen LogP contribution is 2.22. The van der Waals surface area contributed by atoms with Crippen LogP contribution < -0.4 is 0 Å². The molecule has 0 spiro atoms. The van der Waals surface area contributed by atoms with Crippen LogP contribution in [0.4, 0.5) is 0 Å². The van der Waals surface area contributed by atoms with E-state index in [1.807, 2.05) is 19.9 Å². The molecule has 1 aromatic heterocycles. The lowest BCUT2D eigenvalue weighted by atomic mass is 10.0. The van der Waals surface area contributed by atoms with Crippen molar-refractivity contribution in [1.82, 2.24) is 9.55 Å². The summed E-state index contributed by atoms with van der Waals surface area (Å²) in [7, 11) is 3.08. The molecule has 0 N–H and O–H groups in total. The van der Waals surface area contributed by atoms with Gasteiger partial charge in [0.05, 0.1) is 18.1 Å². The van der Waals surface area contributed by atoms with Gasteiger partial charge in [-0.05, 0) is 31.0 Å². The van der Waals surface area contributed by atoms with Crippen molar-refractivity contribution in [2.75, 3.05) is 7.11 Å². The Morgan fingerprint density at radius 1 is 1.35 bits per heavy atom. The summed E-state index contributed by atoms with van der Waals surface area (Å²) >= 11 is 0. The second-order valence-electron chi connectivity index (χ2n) is 4.82. The van der Waals surface area contributed by atoms with Crippen molar-refractivity contribution in [3.8, 4) is 0 Å². The molecule has 0 amide bonds. The van der Waals surface area contributed by atoms with Gasteiger partial charge in [-0.15, -0.1) is 0 Å². The number of methoxy groups -OCH3 is 1. The van der Waals surface area contributed by atoms with Gasteiger partial charge >= 0.3 is 5.97 Å². The predicted octanol–water partition coefficient (Wildman–Crippen LogP) is 2.65. The van der Waals surface area contributed by atoms with Gasteiger partial charge in [-0.25, -0.2) is 9.78 Å². The molecule has 0 unspecified atom stereocenters. The van der Waals surface area contributed by atoms with Crippen molar-refractivity contribution >= 4 is 22.8 Å². The first-order valence-corrected chi connectivity index (χ1v) is 6.58. The van der Waals surface area contributed by atoms with Crippen LogP contribution in [0.25, 0.3) is 11.0 Å². The van der Waals surface area contributed by atoms with Gasteiger partial charge in [0.2, 0.25) is 5.82 Å². The quantitative estimate of drug-likeness (QED) is 0.635. The normalized spacial score (nSPS) is 10.8. The fraction of sp³-hybridized carbons (Fsp3) is 0.400. The van der Waals surface area contributed by atoms with E-state index in [0.29, 0.717) is 17.5 Å². The largest absolute Gasteiger partial charge is 0.463 e. The molecule has 0 aliphatic rings. The van der Waals surface area contributed by atoms with Gasteiger partial charge in [-0.1, -0.05) is 6.92 Å². The number of benzene rings is 1. The second kappa shape index (κ2) is 5.45. The van der Waals surface area contributed by atoms with Gasteiger partial charge in [-0.3, -0.25) is 4.79 Å². The Morgan fingerprint density at radius 2 is 2.05 bits per heavy atom. The Hall–Kier alpha value is -2.17. The summed E-state index contributed by atoms with van der Waals surface area (Å²) < 4.78 is 6.39. The van der Waals surface area contributed by atoms with E-state index in [1.165, 1.54) is 7.11 Å². The van der Waals surface area contributed by atoms with E-state index in [2.05, 4.69) is 4.98 Å². The van der Waals surface area contributed by atoms with Crippen molar-refractivity contribution in [1.29, 1.82) is 0 Å². The zero-order valence-corrected chi connectivity index (χ0v) is 12.2. The monoisotopic (exact) mass is 274 g/mol. The topological polar surface area (TPSA) is 61.2 Å². The van der Waals surface area contributed by atoms with Crippen LogP contribution in [0.15, 0.2) is 12.1 Å². The summed E-state index contributed by atoms with van der Waals surface area (Å²) in [5.41, 5.74) is 3.03. The Kier molecular flexibility index (Phi) is 3.88. The standard InChI is InChI=1S/C15H18N2O3/c1-5-6-13(18)10-8-11-12(7-9(10)2)17(3)14(16-11)15(19)20-4/h7-8H,5-6H2,1-4H3. The zero-order valence-electron chi connectivity index (χ0n) is 12.2. The third kappa shape index (κ3) is 2.31. The minimum Gasteiger partial charge on any atom is -0.463 e. The molecule has 20 heavy (non-hydrogen) atoms. The van der Waals surface area contributed by atoms with Gasteiger partial charge in [-0.2, -0.15) is 0 Å². The van der Waals surface area contributed by atoms with Crippen molar-refractivity contribution in [3.05, 3.63) is 29.1 Å². The van der Waals surface area contributed by atoms with E-state index >= 15 is 0 Å². The summed E-state index contributed by atoms with van der Waals surface area (Å²) in [6.45, 7) is 3.87. The Labute approximate surface area is 117 Å². The first-order chi connectivity index (χ1) is 9.49. The highest BCUT2D eigenvalue weighted by atomic mass is 16.5. The van der Waals surface area contributed by atoms with E-state index in [4.69, 9.17) is 4.74 Å². The minimum atomic E-state index is -0.484. The molecule has 5 heteroatoms. The summed E-state index contributed by atoms with van der Waals surface area (Å²) in [5, 5.41) is 0. The number of aryl methyl sites for hydroxylation is 2. The number of fused-ring (bicyclic) bond motifs is 1. The van der Waals surface area contributed by atoms with Crippen molar-refractivity contribution < 1.29 is 14.3 Å². The Bertz CT molecular complexity index is 686. The van der Waals surface area contributed by atoms with E-state index in [-0.39, 0.29) is 11.6 Å². The summed E-state index contributed by atoms with van der Waals surface area (Å²) in [6.07, 6.45) is 1.33. The summed E-state index contributed by atoms with van der Waals surface area (Å²) in [4.78, 5) is 28.0. The van der Waals surface area contributed by atoms with Crippen LogP contribution in [-0.4, -0.2) is 28.4 Å². The van der Waals surface area contributed by atoms with E-state index in [9.17, 15) is 9.59 Å². The number of ketones is 1. The first kappa shape index (κ1) is 14.2. The molecule has 5 nitrogen and oxygen atoms in total. The Balaban J connectivity index is 2.60. The number of Topliss-reactive ketones (excluding diaryl/α,β-unsaturated/α-hetero) is 1. The lowest BCUT2D eigenvalue weighted by molar-refractivity contribution is 0.0583. The van der Waals surface area contributed by atoms with Crippen LogP contribution in [0.2, 0.25) is 0 Å². The van der Waals surface area contributed by atoms with Crippen LogP contribution in [0.1, 0.15) is 46.3 Å². The third-order valence-electron chi connectivity index (χ3n) is 3.37. The van der Waals surface area contributed by atoms with Crippen LogP contribution in [0.5, 0.6) is 0 Å². The molecular weight excluding hydrogens is 256 g/mol. The van der Waals surface area contributed by atoms with E-state index in [0.717, 1.165) is 17.5 Å². The number of nitrogens with zero attached hydrogens (tertiary/aromatic N) is 2. The molecule has 0 fully saturated rings. The minimum absolute atomic E-state index is 0.108. The average molecular weight is 274 g/mol. The van der Waals surface area contributed by atoms with Gasteiger partial charge in [0.25, 0.3) is 0 Å². The van der Waals surface area contributed by atoms with Crippen molar-refractivity contribution in [2.45, 2.75) is 26.7 Å². The van der Waals surface area contributed by atoms with Gasteiger partial charge in [0, 0.05) is 19.0 Å². The maximum atomic E-state index is 12.1. The van der Waals surface area contributed by atoms with Gasteiger partial charge in [0.1, 0.15) is 0 Å². The SMILES string of the molecule is CCCC(=O)c1cc2nc(C(=O)OC)n(C)c2cc1C.